The van der Waals surface area contributed by atoms with Crippen LogP contribution in [0.15, 0.2) is 0 Å². The zero-order valence-electron chi connectivity index (χ0n) is 12.6. The van der Waals surface area contributed by atoms with Crippen LogP contribution in [-0.2, 0) is 9.59 Å². The van der Waals surface area contributed by atoms with Gasteiger partial charge in [0.05, 0.1) is 0 Å². The fourth-order valence-electron chi connectivity index (χ4n) is 1.33. The summed E-state index contributed by atoms with van der Waals surface area (Å²) in [6, 6.07) is 0. The van der Waals surface area contributed by atoms with Crippen molar-refractivity contribution in [2.24, 2.45) is 5.41 Å². The SMILES string of the molecule is CC(C)(C)NCCC(=O)NCCC(=O)C(C)(C)C. The van der Waals surface area contributed by atoms with Crippen molar-refractivity contribution in [2.75, 3.05) is 13.1 Å². The molecule has 0 spiro atoms. The molecule has 18 heavy (non-hydrogen) atoms. The Labute approximate surface area is 111 Å². The highest BCUT2D eigenvalue weighted by Crippen LogP contribution is 2.15. The van der Waals surface area contributed by atoms with Crippen molar-refractivity contribution in [2.45, 2.75) is 59.9 Å². The summed E-state index contributed by atoms with van der Waals surface area (Å²) in [6.45, 7) is 13.0. The van der Waals surface area contributed by atoms with E-state index in [9.17, 15) is 9.59 Å². The summed E-state index contributed by atoms with van der Waals surface area (Å²) < 4.78 is 0. The zero-order valence-corrected chi connectivity index (χ0v) is 12.6. The third-order valence-corrected chi connectivity index (χ3v) is 2.52. The van der Waals surface area contributed by atoms with Gasteiger partial charge >= 0.3 is 0 Å². The number of rotatable bonds is 6. The van der Waals surface area contributed by atoms with Gasteiger partial charge in [0.2, 0.25) is 5.91 Å². The molecule has 0 saturated heterocycles. The molecule has 0 unspecified atom stereocenters. The van der Waals surface area contributed by atoms with Crippen LogP contribution in [-0.4, -0.2) is 30.3 Å². The highest BCUT2D eigenvalue weighted by molar-refractivity contribution is 5.84. The lowest BCUT2D eigenvalue weighted by molar-refractivity contribution is -0.126. The number of ketones is 1. The summed E-state index contributed by atoms with van der Waals surface area (Å²) in [5.74, 6) is 0.170. The van der Waals surface area contributed by atoms with Crippen LogP contribution in [0.4, 0.5) is 0 Å². The van der Waals surface area contributed by atoms with Crippen molar-refractivity contribution in [3.63, 3.8) is 0 Å². The molecule has 0 aromatic rings. The van der Waals surface area contributed by atoms with Gasteiger partial charge in [0.15, 0.2) is 0 Å². The molecule has 0 rings (SSSR count). The van der Waals surface area contributed by atoms with Crippen molar-refractivity contribution in [1.82, 2.24) is 10.6 Å². The minimum Gasteiger partial charge on any atom is -0.356 e. The van der Waals surface area contributed by atoms with Crippen LogP contribution in [0.3, 0.4) is 0 Å². The maximum Gasteiger partial charge on any atom is 0.221 e. The lowest BCUT2D eigenvalue weighted by Gasteiger charge is -2.20. The minimum atomic E-state index is -0.321. The van der Waals surface area contributed by atoms with E-state index in [0.29, 0.717) is 25.9 Å². The Hall–Kier alpha value is -0.900. The molecule has 1 amide bonds. The number of amides is 1. The second-order valence-corrected chi connectivity index (χ2v) is 6.70. The monoisotopic (exact) mass is 256 g/mol. The molecule has 0 bridgehead atoms. The normalized spacial score (nSPS) is 12.3. The van der Waals surface area contributed by atoms with Gasteiger partial charge in [-0.1, -0.05) is 20.8 Å². The first kappa shape index (κ1) is 17.1. The van der Waals surface area contributed by atoms with E-state index in [2.05, 4.69) is 31.4 Å². The number of carbonyl (C=O) groups excluding carboxylic acids is 2. The topological polar surface area (TPSA) is 58.2 Å². The summed E-state index contributed by atoms with van der Waals surface area (Å²) in [7, 11) is 0. The van der Waals surface area contributed by atoms with Gasteiger partial charge in [-0.3, -0.25) is 9.59 Å². The summed E-state index contributed by atoms with van der Waals surface area (Å²) in [6.07, 6.45) is 0.850. The van der Waals surface area contributed by atoms with Gasteiger partial charge in [0.25, 0.3) is 0 Å². The Balaban J connectivity index is 3.70. The van der Waals surface area contributed by atoms with E-state index < -0.39 is 0 Å². The summed E-state index contributed by atoms with van der Waals surface area (Å²) >= 11 is 0. The third-order valence-electron chi connectivity index (χ3n) is 2.52. The average molecular weight is 256 g/mol. The molecule has 0 heterocycles. The Morgan fingerprint density at radius 2 is 1.44 bits per heavy atom. The van der Waals surface area contributed by atoms with E-state index in [1.165, 1.54) is 0 Å². The molecule has 0 aliphatic heterocycles. The van der Waals surface area contributed by atoms with Gasteiger partial charge in [-0.15, -0.1) is 0 Å². The van der Waals surface area contributed by atoms with Crippen LogP contribution >= 0.6 is 0 Å². The highest BCUT2D eigenvalue weighted by Gasteiger charge is 2.20. The Morgan fingerprint density at radius 1 is 0.889 bits per heavy atom. The van der Waals surface area contributed by atoms with Crippen molar-refractivity contribution in [3.8, 4) is 0 Å². The van der Waals surface area contributed by atoms with Crippen LogP contribution in [0.5, 0.6) is 0 Å². The standard InChI is InChI=1S/C14H28N2O2/c1-13(2,3)11(17)7-9-15-12(18)8-10-16-14(4,5)6/h16H,7-10H2,1-6H3,(H,15,18). The van der Waals surface area contributed by atoms with E-state index in [1.54, 1.807) is 0 Å². The van der Waals surface area contributed by atoms with Crippen molar-refractivity contribution >= 4 is 11.7 Å². The van der Waals surface area contributed by atoms with E-state index in [0.717, 1.165) is 0 Å². The quantitative estimate of drug-likeness (QED) is 0.763. The number of nitrogens with one attached hydrogen (secondary N) is 2. The Bertz CT molecular complexity index is 285. The first-order chi connectivity index (χ1) is 8.02. The van der Waals surface area contributed by atoms with Crippen LogP contribution in [0.2, 0.25) is 0 Å². The third kappa shape index (κ3) is 9.16. The van der Waals surface area contributed by atoms with E-state index in [1.807, 2.05) is 20.8 Å². The summed E-state index contributed by atoms with van der Waals surface area (Å²) in [5.41, 5.74) is -0.291. The maximum atomic E-state index is 11.6. The van der Waals surface area contributed by atoms with Gasteiger partial charge in [0, 0.05) is 36.9 Å². The average Bonchev–Trinajstić information content (AvgIpc) is 2.13. The largest absolute Gasteiger partial charge is 0.356 e. The van der Waals surface area contributed by atoms with Gasteiger partial charge in [-0.05, 0) is 20.8 Å². The highest BCUT2D eigenvalue weighted by atomic mass is 16.1. The maximum absolute atomic E-state index is 11.6. The van der Waals surface area contributed by atoms with Crippen LogP contribution in [0.25, 0.3) is 0 Å². The molecule has 106 valence electrons. The fraction of sp³-hybridized carbons (Fsp3) is 0.857. The Morgan fingerprint density at radius 3 is 1.89 bits per heavy atom. The lowest BCUT2D eigenvalue weighted by atomic mass is 9.89. The summed E-state index contributed by atoms with van der Waals surface area (Å²) in [4.78, 5) is 23.1. The molecule has 0 aromatic heterocycles. The van der Waals surface area contributed by atoms with Crippen LogP contribution in [0, 0.1) is 5.41 Å². The fourth-order valence-corrected chi connectivity index (χ4v) is 1.33. The predicted molar refractivity (Wildman–Crippen MR) is 74.5 cm³/mol. The summed E-state index contributed by atoms with van der Waals surface area (Å²) in [5, 5.41) is 6.02. The van der Waals surface area contributed by atoms with E-state index in [4.69, 9.17) is 0 Å². The number of hydrogen-bond donors (Lipinski definition) is 2. The molecule has 0 saturated carbocycles. The first-order valence-corrected chi connectivity index (χ1v) is 6.57. The molecule has 0 radical (unpaired) electrons. The van der Waals surface area contributed by atoms with Gasteiger partial charge in [-0.2, -0.15) is 0 Å². The smallest absolute Gasteiger partial charge is 0.221 e. The van der Waals surface area contributed by atoms with E-state index in [-0.39, 0.29) is 22.6 Å². The number of hydrogen-bond acceptors (Lipinski definition) is 3. The first-order valence-electron chi connectivity index (χ1n) is 6.57. The van der Waals surface area contributed by atoms with E-state index >= 15 is 0 Å². The number of Topliss-reactive ketones (excluding diaryl/α,β-unsaturated/α-hetero) is 1. The molecular formula is C14H28N2O2. The molecule has 4 heteroatoms. The molecule has 0 fully saturated rings. The van der Waals surface area contributed by atoms with Gasteiger partial charge in [0.1, 0.15) is 5.78 Å². The molecule has 0 aromatic carbocycles. The van der Waals surface area contributed by atoms with Crippen molar-refractivity contribution < 1.29 is 9.59 Å². The predicted octanol–water partition coefficient (Wildman–Crippen LogP) is 1.89. The molecule has 0 atom stereocenters. The van der Waals surface area contributed by atoms with Gasteiger partial charge in [-0.25, -0.2) is 0 Å². The molecule has 0 aliphatic carbocycles. The molecule has 2 N–H and O–H groups in total. The molecule has 0 aliphatic rings. The lowest BCUT2D eigenvalue weighted by Crippen LogP contribution is -2.39. The van der Waals surface area contributed by atoms with Crippen LogP contribution in [0.1, 0.15) is 54.4 Å². The zero-order chi connectivity index (χ0) is 14.4. The van der Waals surface area contributed by atoms with Gasteiger partial charge < -0.3 is 10.6 Å². The Kier molecular flexibility index (Phi) is 6.54. The molecular weight excluding hydrogens is 228 g/mol. The van der Waals surface area contributed by atoms with Crippen LogP contribution < -0.4 is 10.6 Å². The van der Waals surface area contributed by atoms with Crippen molar-refractivity contribution in [1.29, 1.82) is 0 Å². The minimum absolute atomic E-state index is 0.00606. The second kappa shape index (κ2) is 6.88. The molecule has 4 nitrogen and oxygen atoms in total. The number of carbonyl (C=O) groups is 2. The second-order valence-electron chi connectivity index (χ2n) is 6.70. The van der Waals surface area contributed by atoms with Crippen molar-refractivity contribution in [3.05, 3.63) is 0 Å².